The molecule has 0 radical (unpaired) electrons. The van der Waals surface area contributed by atoms with Crippen LogP contribution in [0.25, 0.3) is 0 Å². The minimum Gasteiger partial charge on any atom is -0.387 e. The lowest BCUT2D eigenvalue weighted by Crippen LogP contribution is -2.36. The molecule has 1 aromatic rings. The predicted molar refractivity (Wildman–Crippen MR) is 62.0 cm³/mol. The van der Waals surface area contributed by atoms with Gasteiger partial charge in [-0.2, -0.15) is 0 Å². The van der Waals surface area contributed by atoms with E-state index in [0.29, 0.717) is 12.8 Å². The molecule has 0 bridgehead atoms. The maximum Gasteiger partial charge on any atom is 0.123 e. The highest BCUT2D eigenvalue weighted by Crippen LogP contribution is 2.21. The molecule has 16 heavy (non-hydrogen) atoms. The molecular weight excluding hydrogens is 207 g/mol. The number of aryl methyl sites for hydroxylation is 1. The van der Waals surface area contributed by atoms with Gasteiger partial charge in [-0.1, -0.05) is 13.0 Å². The number of methoxy groups -OCH3 is 1. The quantitative estimate of drug-likeness (QED) is 0.835. The molecule has 3 heteroatoms. The highest BCUT2D eigenvalue weighted by atomic mass is 19.1. The minimum absolute atomic E-state index is 0.263. The summed E-state index contributed by atoms with van der Waals surface area (Å²) in [4.78, 5) is 0. The molecule has 0 saturated heterocycles. The Labute approximate surface area is 96.1 Å². The predicted octanol–water partition coefficient (Wildman–Crippen LogP) is 2.46. The van der Waals surface area contributed by atoms with E-state index in [0.717, 1.165) is 11.1 Å². The summed E-state index contributed by atoms with van der Waals surface area (Å²) >= 11 is 0. The summed E-state index contributed by atoms with van der Waals surface area (Å²) in [7, 11) is 1.55. The second-order valence-electron chi connectivity index (χ2n) is 4.26. The maximum absolute atomic E-state index is 13.1. The van der Waals surface area contributed by atoms with Crippen LogP contribution in [0.1, 0.15) is 24.5 Å². The summed E-state index contributed by atoms with van der Waals surface area (Å²) < 4.78 is 18.1. The summed E-state index contributed by atoms with van der Waals surface area (Å²) in [6.07, 6.45) is 0.998. The fourth-order valence-corrected chi connectivity index (χ4v) is 1.73. The second kappa shape index (κ2) is 5.41. The Morgan fingerprint density at radius 2 is 2.12 bits per heavy atom. The monoisotopic (exact) mass is 226 g/mol. The average molecular weight is 226 g/mol. The summed E-state index contributed by atoms with van der Waals surface area (Å²) in [5.41, 5.74) is 0.915. The molecule has 0 saturated carbocycles. The van der Waals surface area contributed by atoms with Crippen molar-refractivity contribution in [2.24, 2.45) is 0 Å². The molecule has 1 rings (SSSR count). The van der Waals surface area contributed by atoms with E-state index < -0.39 is 5.60 Å². The molecule has 1 N–H and O–H groups in total. The first-order valence-electron chi connectivity index (χ1n) is 5.47. The highest BCUT2D eigenvalue weighted by molar-refractivity contribution is 5.28. The van der Waals surface area contributed by atoms with Crippen LogP contribution in [0.2, 0.25) is 0 Å². The van der Waals surface area contributed by atoms with Gasteiger partial charge >= 0.3 is 0 Å². The molecule has 0 aromatic heterocycles. The van der Waals surface area contributed by atoms with Crippen molar-refractivity contribution in [1.82, 2.24) is 0 Å². The van der Waals surface area contributed by atoms with Crippen molar-refractivity contribution in [3.05, 3.63) is 35.1 Å². The Morgan fingerprint density at radius 1 is 1.44 bits per heavy atom. The third-order valence-corrected chi connectivity index (χ3v) is 2.90. The van der Waals surface area contributed by atoms with Crippen LogP contribution in [0.3, 0.4) is 0 Å². The van der Waals surface area contributed by atoms with Gasteiger partial charge in [-0.25, -0.2) is 4.39 Å². The van der Waals surface area contributed by atoms with E-state index in [2.05, 4.69) is 0 Å². The highest BCUT2D eigenvalue weighted by Gasteiger charge is 2.25. The van der Waals surface area contributed by atoms with Gasteiger partial charge in [-0.15, -0.1) is 0 Å². The molecule has 0 aliphatic heterocycles. The maximum atomic E-state index is 13.1. The zero-order chi connectivity index (χ0) is 12.2. The van der Waals surface area contributed by atoms with Crippen molar-refractivity contribution in [3.8, 4) is 0 Å². The molecule has 0 amide bonds. The summed E-state index contributed by atoms with van der Waals surface area (Å²) in [5.74, 6) is -0.267. The zero-order valence-electron chi connectivity index (χ0n) is 10.1. The molecule has 0 aliphatic carbocycles. The van der Waals surface area contributed by atoms with Gasteiger partial charge in [0.2, 0.25) is 0 Å². The molecule has 0 heterocycles. The van der Waals surface area contributed by atoms with Gasteiger partial charge in [-0.3, -0.25) is 0 Å². The molecule has 0 aliphatic rings. The Balaban J connectivity index is 2.89. The first-order valence-corrected chi connectivity index (χ1v) is 5.47. The van der Waals surface area contributed by atoms with Gasteiger partial charge in [0.1, 0.15) is 5.82 Å². The topological polar surface area (TPSA) is 29.5 Å². The van der Waals surface area contributed by atoms with Gasteiger partial charge in [0.25, 0.3) is 0 Å². The first-order chi connectivity index (χ1) is 7.50. The van der Waals surface area contributed by atoms with E-state index in [9.17, 15) is 9.50 Å². The summed E-state index contributed by atoms with van der Waals surface area (Å²) in [6.45, 7) is 4.07. The third-order valence-electron chi connectivity index (χ3n) is 2.90. The van der Waals surface area contributed by atoms with Gasteiger partial charge in [0.15, 0.2) is 0 Å². The smallest absolute Gasteiger partial charge is 0.123 e. The Morgan fingerprint density at radius 3 is 2.69 bits per heavy atom. The van der Waals surface area contributed by atoms with E-state index in [-0.39, 0.29) is 12.4 Å². The van der Waals surface area contributed by atoms with Crippen molar-refractivity contribution in [3.63, 3.8) is 0 Å². The molecule has 1 aromatic carbocycles. The fourth-order valence-electron chi connectivity index (χ4n) is 1.73. The van der Waals surface area contributed by atoms with E-state index >= 15 is 0 Å². The third kappa shape index (κ3) is 3.29. The minimum atomic E-state index is -0.909. The molecular formula is C13H19FO2. The number of hydrogen-bond acceptors (Lipinski definition) is 2. The number of ether oxygens (including phenoxy) is 1. The Kier molecular flexibility index (Phi) is 4.44. The van der Waals surface area contributed by atoms with E-state index in [1.54, 1.807) is 13.2 Å². The van der Waals surface area contributed by atoms with Crippen molar-refractivity contribution < 1.29 is 14.2 Å². The van der Waals surface area contributed by atoms with E-state index in [1.807, 2.05) is 13.8 Å². The molecule has 2 nitrogen and oxygen atoms in total. The Hall–Kier alpha value is -0.930. The zero-order valence-corrected chi connectivity index (χ0v) is 10.1. The normalized spacial score (nSPS) is 14.8. The van der Waals surface area contributed by atoms with Crippen LogP contribution < -0.4 is 0 Å². The van der Waals surface area contributed by atoms with Crippen molar-refractivity contribution in [2.75, 3.05) is 13.7 Å². The van der Waals surface area contributed by atoms with Gasteiger partial charge in [0.05, 0.1) is 12.2 Å². The number of halogens is 1. The SMILES string of the molecule is CCC(O)(COC)Cc1cc(F)ccc1C. The first kappa shape index (κ1) is 13.1. The van der Waals surface area contributed by atoms with Gasteiger partial charge in [0, 0.05) is 13.5 Å². The molecule has 1 atom stereocenters. The fraction of sp³-hybridized carbons (Fsp3) is 0.538. The summed E-state index contributed by atoms with van der Waals surface area (Å²) in [6, 6.07) is 4.64. The largest absolute Gasteiger partial charge is 0.387 e. The second-order valence-corrected chi connectivity index (χ2v) is 4.26. The van der Waals surface area contributed by atoms with Crippen LogP contribution in [-0.2, 0) is 11.2 Å². The van der Waals surface area contributed by atoms with E-state index in [4.69, 9.17) is 4.74 Å². The number of benzene rings is 1. The Bertz CT molecular complexity index is 352. The average Bonchev–Trinajstić information content (AvgIpc) is 2.24. The van der Waals surface area contributed by atoms with E-state index in [1.165, 1.54) is 12.1 Å². The number of hydrogen-bond donors (Lipinski definition) is 1. The molecule has 1 unspecified atom stereocenters. The van der Waals surface area contributed by atoms with Gasteiger partial charge < -0.3 is 9.84 Å². The van der Waals surface area contributed by atoms with Crippen LogP contribution in [0.4, 0.5) is 4.39 Å². The van der Waals surface area contributed by atoms with Crippen molar-refractivity contribution >= 4 is 0 Å². The molecule has 0 fully saturated rings. The summed E-state index contributed by atoms with van der Waals surface area (Å²) in [5, 5.41) is 10.2. The molecule has 0 spiro atoms. The lowest BCUT2D eigenvalue weighted by molar-refractivity contribution is -0.0334. The number of aliphatic hydroxyl groups is 1. The van der Waals surface area contributed by atoms with Crippen molar-refractivity contribution in [2.45, 2.75) is 32.3 Å². The van der Waals surface area contributed by atoms with Crippen LogP contribution in [0, 0.1) is 12.7 Å². The lowest BCUT2D eigenvalue weighted by atomic mass is 9.90. The van der Waals surface area contributed by atoms with Crippen LogP contribution >= 0.6 is 0 Å². The lowest BCUT2D eigenvalue weighted by Gasteiger charge is -2.26. The van der Waals surface area contributed by atoms with Crippen molar-refractivity contribution in [1.29, 1.82) is 0 Å². The molecule has 90 valence electrons. The number of rotatable bonds is 5. The van der Waals surface area contributed by atoms with Crippen LogP contribution in [-0.4, -0.2) is 24.4 Å². The van der Waals surface area contributed by atoms with Crippen LogP contribution in [0.15, 0.2) is 18.2 Å². The standard InChI is InChI=1S/C13H19FO2/c1-4-13(15,9-16-3)8-11-7-12(14)6-5-10(11)2/h5-7,15H,4,8-9H2,1-3H3. The van der Waals surface area contributed by atoms with Crippen LogP contribution in [0.5, 0.6) is 0 Å². The van der Waals surface area contributed by atoms with Gasteiger partial charge in [-0.05, 0) is 36.6 Å².